The standard InChI is InChI=1S/C25H21N5O/c1-16-9-10-18(12-17(16)2)14-22(20-7-4-6-19(13-20)15-26)25-29-24(30-31-25)21-8-5-11-28-23(21)27-3/h4-14H,1-3H3,(H,27,28)/b22-14+. The molecule has 1 N–H and O–H groups in total. The van der Waals surface area contributed by atoms with Gasteiger partial charge in [-0.3, -0.25) is 0 Å². The predicted octanol–water partition coefficient (Wildman–Crippen LogP) is 5.25. The number of aryl methyl sites for hydroxylation is 2. The van der Waals surface area contributed by atoms with Crippen LogP contribution < -0.4 is 5.32 Å². The molecule has 0 aliphatic rings. The molecule has 0 fully saturated rings. The summed E-state index contributed by atoms with van der Waals surface area (Å²) in [6.45, 7) is 4.16. The molecule has 0 aliphatic heterocycles. The van der Waals surface area contributed by atoms with Crippen molar-refractivity contribution in [2.24, 2.45) is 0 Å². The molecule has 0 radical (unpaired) electrons. The van der Waals surface area contributed by atoms with Crippen LogP contribution in [-0.4, -0.2) is 22.2 Å². The number of hydrogen-bond acceptors (Lipinski definition) is 6. The first-order valence-corrected chi connectivity index (χ1v) is 9.86. The number of aromatic nitrogens is 3. The molecule has 0 amide bonds. The van der Waals surface area contributed by atoms with Crippen LogP contribution in [0.5, 0.6) is 0 Å². The number of nitriles is 1. The molecule has 4 aromatic rings. The molecule has 6 heteroatoms. The third-order valence-corrected chi connectivity index (χ3v) is 5.09. The maximum atomic E-state index is 9.35. The minimum absolute atomic E-state index is 0.370. The van der Waals surface area contributed by atoms with Crippen molar-refractivity contribution in [2.75, 3.05) is 12.4 Å². The Hall–Kier alpha value is -4.24. The van der Waals surface area contributed by atoms with Crippen molar-refractivity contribution < 1.29 is 4.52 Å². The molecule has 0 aliphatic carbocycles. The first-order valence-electron chi connectivity index (χ1n) is 9.86. The van der Waals surface area contributed by atoms with Gasteiger partial charge in [0.05, 0.1) is 17.2 Å². The molecule has 0 unspecified atom stereocenters. The fraction of sp³-hybridized carbons (Fsp3) is 0.120. The molecular formula is C25H21N5O. The van der Waals surface area contributed by atoms with Crippen LogP contribution >= 0.6 is 0 Å². The Morgan fingerprint density at radius 1 is 1.06 bits per heavy atom. The van der Waals surface area contributed by atoms with Crippen molar-refractivity contribution in [2.45, 2.75) is 13.8 Å². The third kappa shape index (κ3) is 4.21. The smallest absolute Gasteiger partial charge is 0.258 e. The van der Waals surface area contributed by atoms with Crippen molar-refractivity contribution >= 4 is 17.5 Å². The second-order valence-corrected chi connectivity index (χ2v) is 7.17. The lowest BCUT2D eigenvalue weighted by Gasteiger charge is -2.06. The fourth-order valence-corrected chi connectivity index (χ4v) is 3.27. The number of nitrogens with zero attached hydrogens (tertiary/aromatic N) is 4. The third-order valence-electron chi connectivity index (χ3n) is 5.09. The molecule has 2 aromatic heterocycles. The van der Waals surface area contributed by atoms with Gasteiger partial charge < -0.3 is 9.84 Å². The van der Waals surface area contributed by atoms with Crippen LogP contribution in [0.15, 0.2) is 65.3 Å². The molecule has 4 rings (SSSR count). The van der Waals surface area contributed by atoms with Crippen LogP contribution in [0.1, 0.15) is 33.7 Å². The van der Waals surface area contributed by atoms with Gasteiger partial charge in [-0.2, -0.15) is 10.2 Å². The van der Waals surface area contributed by atoms with E-state index in [1.165, 1.54) is 11.1 Å². The van der Waals surface area contributed by atoms with Gasteiger partial charge in [-0.05, 0) is 66.4 Å². The van der Waals surface area contributed by atoms with Crippen LogP contribution in [-0.2, 0) is 0 Å². The minimum Gasteiger partial charge on any atom is -0.373 e. The summed E-state index contributed by atoms with van der Waals surface area (Å²) in [5, 5.41) is 16.6. The molecule has 0 spiro atoms. The quantitative estimate of drug-likeness (QED) is 0.455. The lowest BCUT2D eigenvalue weighted by Crippen LogP contribution is -1.96. The van der Waals surface area contributed by atoms with Crippen molar-refractivity contribution in [1.82, 2.24) is 15.1 Å². The minimum atomic E-state index is 0.370. The summed E-state index contributed by atoms with van der Waals surface area (Å²) >= 11 is 0. The van der Waals surface area contributed by atoms with E-state index in [0.717, 1.165) is 22.3 Å². The van der Waals surface area contributed by atoms with E-state index in [1.54, 1.807) is 19.3 Å². The summed E-state index contributed by atoms with van der Waals surface area (Å²) < 4.78 is 5.67. The van der Waals surface area contributed by atoms with Gasteiger partial charge >= 0.3 is 0 Å². The van der Waals surface area contributed by atoms with Crippen molar-refractivity contribution in [1.29, 1.82) is 5.26 Å². The van der Waals surface area contributed by atoms with Crippen LogP contribution in [0.25, 0.3) is 23.0 Å². The summed E-state index contributed by atoms with van der Waals surface area (Å²) in [7, 11) is 1.80. The number of nitrogens with one attached hydrogen (secondary N) is 1. The second-order valence-electron chi connectivity index (χ2n) is 7.17. The molecular weight excluding hydrogens is 386 g/mol. The molecule has 0 saturated carbocycles. The van der Waals surface area contributed by atoms with Gasteiger partial charge in [-0.25, -0.2) is 4.98 Å². The Balaban J connectivity index is 1.85. The predicted molar refractivity (Wildman–Crippen MR) is 121 cm³/mol. The molecule has 0 saturated heterocycles. The van der Waals surface area contributed by atoms with E-state index in [9.17, 15) is 5.26 Å². The Labute approximate surface area is 180 Å². The first kappa shape index (κ1) is 20.0. The number of benzene rings is 2. The highest BCUT2D eigenvalue weighted by Crippen LogP contribution is 2.29. The van der Waals surface area contributed by atoms with Gasteiger partial charge in [0.25, 0.3) is 5.89 Å². The van der Waals surface area contributed by atoms with Gasteiger partial charge in [-0.1, -0.05) is 35.5 Å². The molecule has 31 heavy (non-hydrogen) atoms. The first-order chi connectivity index (χ1) is 15.1. The highest BCUT2D eigenvalue weighted by atomic mass is 16.5. The van der Waals surface area contributed by atoms with Gasteiger partial charge in [-0.15, -0.1) is 0 Å². The van der Waals surface area contributed by atoms with E-state index in [0.29, 0.717) is 23.1 Å². The molecule has 2 heterocycles. The van der Waals surface area contributed by atoms with Gasteiger partial charge in [0.1, 0.15) is 5.82 Å². The average Bonchev–Trinajstić information content (AvgIpc) is 3.29. The molecule has 2 aromatic carbocycles. The van der Waals surface area contributed by atoms with Crippen molar-refractivity contribution in [3.8, 4) is 17.5 Å². The average molecular weight is 407 g/mol. The SMILES string of the molecule is CNc1ncccc1-c1noc(/C(=C/c2ccc(C)c(C)c2)c2cccc(C#N)c2)n1. The van der Waals surface area contributed by atoms with Gasteiger partial charge in [0.2, 0.25) is 5.82 Å². The lowest BCUT2D eigenvalue weighted by molar-refractivity contribution is 0.409. The van der Waals surface area contributed by atoms with E-state index in [4.69, 9.17) is 4.52 Å². The van der Waals surface area contributed by atoms with Crippen LogP contribution in [0.3, 0.4) is 0 Å². The Morgan fingerprint density at radius 2 is 1.94 bits per heavy atom. The van der Waals surface area contributed by atoms with Crippen LogP contribution in [0, 0.1) is 25.2 Å². The zero-order valence-corrected chi connectivity index (χ0v) is 17.5. The summed E-state index contributed by atoms with van der Waals surface area (Å²) in [6.07, 6.45) is 3.71. The summed E-state index contributed by atoms with van der Waals surface area (Å²) in [4.78, 5) is 8.96. The fourth-order valence-electron chi connectivity index (χ4n) is 3.27. The van der Waals surface area contributed by atoms with Crippen molar-refractivity contribution in [3.63, 3.8) is 0 Å². The topological polar surface area (TPSA) is 87.6 Å². The molecule has 6 nitrogen and oxygen atoms in total. The van der Waals surface area contributed by atoms with Gasteiger partial charge in [0, 0.05) is 18.8 Å². The Bertz CT molecular complexity index is 1310. The maximum absolute atomic E-state index is 9.35. The van der Waals surface area contributed by atoms with E-state index >= 15 is 0 Å². The monoisotopic (exact) mass is 407 g/mol. The molecule has 0 bridgehead atoms. The van der Waals surface area contributed by atoms with Crippen LogP contribution in [0.4, 0.5) is 5.82 Å². The maximum Gasteiger partial charge on any atom is 0.258 e. The normalized spacial score (nSPS) is 11.2. The van der Waals surface area contributed by atoms with Crippen LogP contribution in [0.2, 0.25) is 0 Å². The largest absolute Gasteiger partial charge is 0.373 e. The van der Waals surface area contributed by atoms with E-state index in [2.05, 4.69) is 52.5 Å². The second kappa shape index (κ2) is 8.64. The molecule has 0 atom stereocenters. The molecule has 152 valence electrons. The summed E-state index contributed by atoms with van der Waals surface area (Å²) in [5.74, 6) is 1.48. The van der Waals surface area contributed by atoms with Gasteiger partial charge in [0.15, 0.2) is 0 Å². The highest BCUT2D eigenvalue weighted by molar-refractivity contribution is 5.89. The van der Waals surface area contributed by atoms with E-state index in [1.807, 2.05) is 42.5 Å². The number of anilines is 1. The number of pyridine rings is 1. The number of rotatable bonds is 5. The summed E-state index contributed by atoms with van der Waals surface area (Å²) in [5.41, 5.74) is 6.31. The Kier molecular flexibility index (Phi) is 5.59. The van der Waals surface area contributed by atoms with E-state index in [-0.39, 0.29) is 0 Å². The van der Waals surface area contributed by atoms with E-state index < -0.39 is 0 Å². The Morgan fingerprint density at radius 3 is 2.71 bits per heavy atom. The lowest BCUT2D eigenvalue weighted by atomic mass is 9.99. The highest BCUT2D eigenvalue weighted by Gasteiger charge is 2.17. The zero-order valence-electron chi connectivity index (χ0n) is 17.5. The summed E-state index contributed by atoms with van der Waals surface area (Å²) in [6, 6.07) is 19.5. The zero-order chi connectivity index (χ0) is 21.8. The number of hydrogen-bond donors (Lipinski definition) is 1. The van der Waals surface area contributed by atoms with Crippen molar-refractivity contribution in [3.05, 3.63) is 94.5 Å².